The summed E-state index contributed by atoms with van der Waals surface area (Å²) in [6.07, 6.45) is 1.90. The lowest BCUT2D eigenvalue weighted by Gasteiger charge is -2.17. The highest BCUT2D eigenvalue weighted by atomic mass is 79.9. The van der Waals surface area contributed by atoms with Gasteiger partial charge in [-0.25, -0.2) is 0 Å². The van der Waals surface area contributed by atoms with Gasteiger partial charge < -0.3 is 9.84 Å². The number of halogens is 1. The summed E-state index contributed by atoms with van der Waals surface area (Å²) < 4.78 is 6.40. The van der Waals surface area contributed by atoms with Gasteiger partial charge in [-0.2, -0.15) is 0 Å². The molecule has 0 spiro atoms. The molecule has 0 bridgehead atoms. The summed E-state index contributed by atoms with van der Waals surface area (Å²) in [5.74, 6) is 0.842. The van der Waals surface area contributed by atoms with E-state index in [4.69, 9.17) is 9.84 Å². The minimum absolute atomic E-state index is 0.0623. The minimum Gasteiger partial charge on any atom is -0.489 e. The monoisotopic (exact) mass is 240 g/mol. The molecule has 1 heterocycles. The Labute approximate surface area is 85.0 Å². The molecule has 2 nitrogen and oxygen atoms in total. The summed E-state index contributed by atoms with van der Waals surface area (Å²) in [6, 6.07) is 5.79. The maximum Gasteiger partial charge on any atom is 0.127 e. The zero-order valence-corrected chi connectivity index (χ0v) is 8.54. The van der Waals surface area contributed by atoms with Gasteiger partial charge in [0, 0.05) is 10.0 Å². The summed E-state index contributed by atoms with van der Waals surface area (Å²) in [4.78, 5) is 0. The minimum atomic E-state index is 0.0623. The van der Waals surface area contributed by atoms with Crippen LogP contribution in [0.4, 0.5) is 0 Å². The van der Waals surface area contributed by atoms with Crippen LogP contribution in [0.1, 0.15) is 5.56 Å². The first-order valence-corrected chi connectivity index (χ1v) is 4.83. The van der Waals surface area contributed by atoms with Gasteiger partial charge in [-0.3, -0.25) is 0 Å². The van der Waals surface area contributed by atoms with Crippen LogP contribution in [0.15, 0.2) is 28.7 Å². The third kappa shape index (κ3) is 1.62. The Morgan fingerprint density at radius 3 is 3.08 bits per heavy atom. The number of ether oxygens (including phenoxy) is 1. The standard InChI is InChI=1S/C10H9BrO2/c11-8-1-2-10-9(5-8)7(6-12)3-4-13-10/h1-3,5,12H,4,6H2. The number of fused-ring (bicyclic) bond motifs is 1. The van der Waals surface area contributed by atoms with Crippen molar-refractivity contribution in [2.75, 3.05) is 13.2 Å². The van der Waals surface area contributed by atoms with Crippen molar-refractivity contribution >= 4 is 21.5 Å². The molecule has 2 rings (SSSR count). The van der Waals surface area contributed by atoms with Crippen molar-refractivity contribution < 1.29 is 9.84 Å². The third-order valence-corrected chi connectivity index (χ3v) is 2.52. The second-order valence-electron chi connectivity index (χ2n) is 2.84. The molecular weight excluding hydrogens is 232 g/mol. The summed E-state index contributed by atoms with van der Waals surface area (Å²) in [6.45, 7) is 0.608. The molecule has 3 heteroatoms. The van der Waals surface area contributed by atoms with Gasteiger partial charge in [-0.05, 0) is 29.8 Å². The van der Waals surface area contributed by atoms with Crippen LogP contribution in [-0.2, 0) is 0 Å². The molecule has 1 aliphatic heterocycles. The lowest BCUT2D eigenvalue weighted by molar-refractivity contribution is 0.333. The fourth-order valence-corrected chi connectivity index (χ4v) is 1.73. The van der Waals surface area contributed by atoms with Gasteiger partial charge in [0.1, 0.15) is 12.4 Å². The first kappa shape index (κ1) is 8.78. The fourth-order valence-electron chi connectivity index (χ4n) is 1.37. The van der Waals surface area contributed by atoms with Crippen LogP contribution in [0.25, 0.3) is 5.57 Å². The van der Waals surface area contributed by atoms with Crippen LogP contribution in [0.2, 0.25) is 0 Å². The Kier molecular flexibility index (Phi) is 2.38. The van der Waals surface area contributed by atoms with E-state index in [1.807, 2.05) is 24.3 Å². The molecular formula is C10H9BrO2. The highest BCUT2D eigenvalue weighted by molar-refractivity contribution is 9.10. The number of rotatable bonds is 1. The maximum atomic E-state index is 9.09. The zero-order valence-electron chi connectivity index (χ0n) is 6.96. The van der Waals surface area contributed by atoms with Crippen LogP contribution in [-0.4, -0.2) is 18.3 Å². The van der Waals surface area contributed by atoms with Gasteiger partial charge in [0.2, 0.25) is 0 Å². The molecule has 0 aliphatic carbocycles. The van der Waals surface area contributed by atoms with E-state index in [1.54, 1.807) is 0 Å². The Bertz CT molecular complexity index is 358. The van der Waals surface area contributed by atoms with Gasteiger partial charge in [-0.1, -0.05) is 15.9 Å². The van der Waals surface area contributed by atoms with Crippen molar-refractivity contribution in [2.45, 2.75) is 0 Å². The van der Waals surface area contributed by atoms with Crippen LogP contribution in [0.3, 0.4) is 0 Å². The SMILES string of the molecule is OCC1=CCOc2ccc(Br)cc21. The highest BCUT2D eigenvalue weighted by Gasteiger charge is 2.12. The Morgan fingerprint density at radius 1 is 1.46 bits per heavy atom. The van der Waals surface area contributed by atoms with Crippen LogP contribution in [0.5, 0.6) is 5.75 Å². The number of aliphatic hydroxyl groups excluding tert-OH is 1. The van der Waals surface area contributed by atoms with E-state index in [-0.39, 0.29) is 6.61 Å². The molecule has 0 saturated carbocycles. The number of aliphatic hydroxyl groups is 1. The van der Waals surface area contributed by atoms with Crippen molar-refractivity contribution in [3.05, 3.63) is 34.3 Å². The van der Waals surface area contributed by atoms with Crippen molar-refractivity contribution in [3.63, 3.8) is 0 Å². The van der Waals surface area contributed by atoms with E-state index in [1.165, 1.54) is 0 Å². The molecule has 68 valence electrons. The van der Waals surface area contributed by atoms with Gasteiger partial charge in [0.15, 0.2) is 0 Å². The van der Waals surface area contributed by atoms with Crippen molar-refractivity contribution in [2.24, 2.45) is 0 Å². The molecule has 1 aromatic rings. The molecule has 0 fully saturated rings. The maximum absolute atomic E-state index is 9.09. The van der Waals surface area contributed by atoms with Crippen LogP contribution in [0, 0.1) is 0 Å². The molecule has 13 heavy (non-hydrogen) atoms. The molecule has 0 saturated heterocycles. The van der Waals surface area contributed by atoms with E-state index in [2.05, 4.69) is 15.9 Å². The Hall–Kier alpha value is -0.800. The van der Waals surface area contributed by atoms with E-state index >= 15 is 0 Å². The van der Waals surface area contributed by atoms with Gasteiger partial charge >= 0.3 is 0 Å². The Morgan fingerprint density at radius 2 is 2.31 bits per heavy atom. The average Bonchev–Trinajstić information content (AvgIpc) is 2.17. The fraction of sp³-hybridized carbons (Fsp3) is 0.200. The Balaban J connectivity index is 2.51. The van der Waals surface area contributed by atoms with Crippen LogP contribution >= 0.6 is 15.9 Å². The smallest absolute Gasteiger partial charge is 0.127 e. The van der Waals surface area contributed by atoms with Gasteiger partial charge in [-0.15, -0.1) is 0 Å². The molecule has 0 radical (unpaired) electrons. The molecule has 0 aromatic heterocycles. The van der Waals surface area contributed by atoms with Gasteiger partial charge in [0.25, 0.3) is 0 Å². The van der Waals surface area contributed by atoms with Gasteiger partial charge in [0.05, 0.1) is 6.61 Å². The summed E-state index contributed by atoms with van der Waals surface area (Å²) in [5, 5.41) is 9.09. The molecule has 1 N–H and O–H groups in total. The topological polar surface area (TPSA) is 29.5 Å². The quantitative estimate of drug-likeness (QED) is 0.816. The molecule has 0 amide bonds. The normalized spacial score (nSPS) is 14.5. The summed E-state index contributed by atoms with van der Waals surface area (Å²) >= 11 is 3.38. The van der Waals surface area contributed by atoms with E-state index in [0.717, 1.165) is 21.4 Å². The second-order valence-corrected chi connectivity index (χ2v) is 3.75. The lowest BCUT2D eigenvalue weighted by atomic mass is 10.0. The van der Waals surface area contributed by atoms with Crippen molar-refractivity contribution in [1.82, 2.24) is 0 Å². The predicted molar refractivity (Wildman–Crippen MR) is 54.7 cm³/mol. The second kappa shape index (κ2) is 3.52. The van der Waals surface area contributed by atoms with E-state index in [9.17, 15) is 0 Å². The number of hydrogen-bond donors (Lipinski definition) is 1. The highest BCUT2D eigenvalue weighted by Crippen LogP contribution is 2.31. The largest absolute Gasteiger partial charge is 0.489 e. The predicted octanol–water partition coefficient (Wildman–Crippen LogP) is 2.22. The summed E-state index contributed by atoms with van der Waals surface area (Å²) in [5.41, 5.74) is 1.91. The van der Waals surface area contributed by atoms with Crippen LogP contribution < -0.4 is 4.74 Å². The molecule has 1 aliphatic rings. The zero-order chi connectivity index (χ0) is 9.26. The van der Waals surface area contributed by atoms with Crippen molar-refractivity contribution in [1.29, 1.82) is 0 Å². The average molecular weight is 241 g/mol. The molecule has 0 unspecified atom stereocenters. The van der Waals surface area contributed by atoms with E-state index < -0.39 is 0 Å². The first-order valence-electron chi connectivity index (χ1n) is 4.04. The van der Waals surface area contributed by atoms with Crippen molar-refractivity contribution in [3.8, 4) is 5.75 Å². The number of benzene rings is 1. The third-order valence-electron chi connectivity index (χ3n) is 2.03. The molecule has 0 atom stereocenters. The lowest BCUT2D eigenvalue weighted by Crippen LogP contribution is -2.06. The first-order chi connectivity index (χ1) is 6.31. The molecule has 1 aromatic carbocycles. The number of hydrogen-bond acceptors (Lipinski definition) is 2. The van der Waals surface area contributed by atoms with E-state index in [0.29, 0.717) is 6.61 Å². The summed E-state index contributed by atoms with van der Waals surface area (Å²) in [7, 11) is 0.